The zero-order chi connectivity index (χ0) is 9.84. The number of amides is 1. The van der Waals surface area contributed by atoms with E-state index in [9.17, 15) is 4.79 Å². The number of rotatable bonds is 2. The molecule has 5 nitrogen and oxygen atoms in total. The number of aryl methyl sites for hydroxylation is 1. The van der Waals surface area contributed by atoms with Gasteiger partial charge in [-0.15, -0.1) is 6.42 Å². The summed E-state index contributed by atoms with van der Waals surface area (Å²) in [6.45, 7) is 0.175. The van der Waals surface area contributed by atoms with Crippen molar-refractivity contribution in [2.45, 2.75) is 0 Å². The number of terminal acetylenes is 1. The number of aromatic nitrogens is 2. The van der Waals surface area contributed by atoms with Gasteiger partial charge in [0, 0.05) is 13.2 Å². The molecule has 3 N–H and O–H groups in total. The molecule has 0 saturated heterocycles. The average molecular weight is 178 g/mol. The van der Waals surface area contributed by atoms with E-state index in [1.807, 2.05) is 0 Å². The molecule has 5 heteroatoms. The average Bonchev–Trinajstić information content (AvgIpc) is 2.41. The lowest BCUT2D eigenvalue weighted by Crippen LogP contribution is -2.24. The second kappa shape index (κ2) is 3.63. The number of hydrogen-bond acceptors (Lipinski definition) is 3. The van der Waals surface area contributed by atoms with E-state index in [2.05, 4.69) is 16.3 Å². The fourth-order valence-electron chi connectivity index (χ4n) is 0.898. The highest BCUT2D eigenvalue weighted by molar-refractivity contribution is 5.97. The normalized spacial score (nSPS) is 9.23. The molecule has 68 valence electrons. The van der Waals surface area contributed by atoms with E-state index >= 15 is 0 Å². The van der Waals surface area contributed by atoms with Gasteiger partial charge < -0.3 is 11.1 Å². The van der Waals surface area contributed by atoms with Crippen LogP contribution in [0, 0.1) is 12.3 Å². The van der Waals surface area contributed by atoms with Gasteiger partial charge in [0.2, 0.25) is 0 Å². The first-order valence-electron chi connectivity index (χ1n) is 3.66. The second-order valence-corrected chi connectivity index (χ2v) is 2.49. The standard InChI is InChI=1S/C8H10N4O/c1-3-4-10-8(13)7-6(9)5-12(2)11-7/h1,5H,4,9H2,2H3,(H,10,13). The third kappa shape index (κ3) is 1.99. The summed E-state index contributed by atoms with van der Waals surface area (Å²) in [5.74, 6) is 1.94. The summed E-state index contributed by atoms with van der Waals surface area (Å²) in [5, 5.41) is 6.35. The summed E-state index contributed by atoms with van der Waals surface area (Å²) in [7, 11) is 1.69. The van der Waals surface area contributed by atoms with Gasteiger partial charge in [-0.2, -0.15) is 5.10 Å². The van der Waals surface area contributed by atoms with Crippen molar-refractivity contribution in [2.24, 2.45) is 7.05 Å². The van der Waals surface area contributed by atoms with Gasteiger partial charge in [-0.1, -0.05) is 5.92 Å². The number of anilines is 1. The van der Waals surface area contributed by atoms with Crippen molar-refractivity contribution in [1.29, 1.82) is 0 Å². The zero-order valence-electron chi connectivity index (χ0n) is 7.24. The molecule has 0 unspecified atom stereocenters. The number of nitrogens with zero attached hydrogens (tertiary/aromatic N) is 2. The molecular weight excluding hydrogens is 168 g/mol. The van der Waals surface area contributed by atoms with E-state index in [0.717, 1.165) is 0 Å². The molecule has 1 rings (SSSR count). The monoisotopic (exact) mass is 178 g/mol. The minimum atomic E-state index is -0.351. The first-order valence-corrected chi connectivity index (χ1v) is 3.66. The molecule has 0 aliphatic heterocycles. The Labute approximate surface area is 75.9 Å². The summed E-state index contributed by atoms with van der Waals surface area (Å²) in [6.07, 6.45) is 6.54. The highest BCUT2D eigenvalue weighted by Crippen LogP contribution is 2.06. The van der Waals surface area contributed by atoms with Gasteiger partial charge in [0.15, 0.2) is 5.69 Å². The third-order valence-corrected chi connectivity index (χ3v) is 1.42. The van der Waals surface area contributed by atoms with Crippen molar-refractivity contribution < 1.29 is 4.79 Å². The summed E-state index contributed by atoms with van der Waals surface area (Å²) in [6, 6.07) is 0. The van der Waals surface area contributed by atoms with Crippen molar-refractivity contribution >= 4 is 11.6 Å². The number of hydrogen-bond donors (Lipinski definition) is 2. The molecule has 0 fully saturated rings. The van der Waals surface area contributed by atoms with Gasteiger partial charge in [0.25, 0.3) is 5.91 Å². The van der Waals surface area contributed by atoms with Crippen LogP contribution in [0.1, 0.15) is 10.5 Å². The molecule has 1 aromatic rings. The van der Waals surface area contributed by atoms with E-state index in [-0.39, 0.29) is 18.1 Å². The number of nitrogen functional groups attached to an aromatic ring is 1. The molecule has 0 aromatic carbocycles. The summed E-state index contributed by atoms with van der Waals surface area (Å²) < 4.78 is 1.47. The molecule has 1 heterocycles. The van der Waals surface area contributed by atoms with Crippen molar-refractivity contribution in [2.75, 3.05) is 12.3 Å². The van der Waals surface area contributed by atoms with Crippen LogP contribution in [0.5, 0.6) is 0 Å². The summed E-state index contributed by atoms with van der Waals surface area (Å²) >= 11 is 0. The number of nitrogens with one attached hydrogen (secondary N) is 1. The quantitative estimate of drug-likeness (QED) is 0.592. The molecule has 0 aliphatic carbocycles. The molecule has 0 radical (unpaired) electrons. The summed E-state index contributed by atoms with van der Waals surface area (Å²) in [5.41, 5.74) is 6.07. The van der Waals surface area contributed by atoms with Crippen LogP contribution in [0.3, 0.4) is 0 Å². The molecule has 1 amide bonds. The van der Waals surface area contributed by atoms with Gasteiger partial charge in [-0.05, 0) is 0 Å². The Bertz CT molecular complexity index is 361. The highest BCUT2D eigenvalue weighted by atomic mass is 16.1. The Hall–Kier alpha value is -1.96. The lowest BCUT2D eigenvalue weighted by molar-refractivity contribution is 0.0954. The molecule has 0 aliphatic rings. The fraction of sp³-hybridized carbons (Fsp3) is 0.250. The molecule has 0 spiro atoms. The largest absolute Gasteiger partial charge is 0.396 e. The van der Waals surface area contributed by atoms with Crippen LogP contribution < -0.4 is 11.1 Å². The minimum absolute atomic E-state index is 0.175. The molecule has 0 saturated carbocycles. The van der Waals surface area contributed by atoms with Gasteiger partial charge in [-0.3, -0.25) is 9.48 Å². The Balaban J connectivity index is 2.78. The Morgan fingerprint density at radius 3 is 3.08 bits per heavy atom. The lowest BCUT2D eigenvalue weighted by atomic mass is 10.3. The van der Waals surface area contributed by atoms with Crippen molar-refractivity contribution in [1.82, 2.24) is 15.1 Å². The predicted octanol–water partition coefficient (Wildman–Crippen LogP) is -0.635. The first-order chi connectivity index (χ1) is 6.15. The minimum Gasteiger partial charge on any atom is -0.396 e. The van der Waals surface area contributed by atoms with E-state index in [1.165, 1.54) is 4.68 Å². The maximum absolute atomic E-state index is 11.3. The zero-order valence-corrected chi connectivity index (χ0v) is 7.24. The summed E-state index contributed by atoms with van der Waals surface area (Å²) in [4.78, 5) is 11.3. The lowest BCUT2D eigenvalue weighted by Gasteiger charge is -1.97. The number of carbonyl (C=O) groups excluding carboxylic acids is 1. The van der Waals surface area contributed by atoms with Gasteiger partial charge >= 0.3 is 0 Å². The smallest absolute Gasteiger partial charge is 0.274 e. The third-order valence-electron chi connectivity index (χ3n) is 1.42. The first kappa shape index (κ1) is 9.13. The van der Waals surface area contributed by atoms with Gasteiger partial charge in [0.1, 0.15) is 0 Å². The van der Waals surface area contributed by atoms with Crippen LogP contribution in [0.15, 0.2) is 6.20 Å². The van der Waals surface area contributed by atoms with Crippen LogP contribution in [0.2, 0.25) is 0 Å². The Morgan fingerprint density at radius 2 is 2.62 bits per heavy atom. The molecule has 13 heavy (non-hydrogen) atoms. The SMILES string of the molecule is C#CCNC(=O)c1nn(C)cc1N. The van der Waals surface area contributed by atoms with Crippen LogP contribution in [-0.2, 0) is 7.05 Å². The fourth-order valence-corrected chi connectivity index (χ4v) is 0.898. The second-order valence-electron chi connectivity index (χ2n) is 2.49. The molecule has 1 aromatic heterocycles. The van der Waals surface area contributed by atoms with Crippen LogP contribution >= 0.6 is 0 Å². The van der Waals surface area contributed by atoms with Crippen molar-refractivity contribution in [3.63, 3.8) is 0 Å². The van der Waals surface area contributed by atoms with E-state index in [0.29, 0.717) is 5.69 Å². The van der Waals surface area contributed by atoms with Crippen LogP contribution in [0.4, 0.5) is 5.69 Å². The number of nitrogens with two attached hydrogens (primary N) is 1. The molecule has 0 bridgehead atoms. The Kier molecular flexibility index (Phi) is 2.55. The Morgan fingerprint density at radius 1 is 1.92 bits per heavy atom. The van der Waals surface area contributed by atoms with Crippen LogP contribution in [0.25, 0.3) is 0 Å². The molecule has 0 atom stereocenters. The van der Waals surface area contributed by atoms with Crippen LogP contribution in [-0.4, -0.2) is 22.2 Å². The topological polar surface area (TPSA) is 72.9 Å². The van der Waals surface area contributed by atoms with E-state index in [4.69, 9.17) is 12.2 Å². The van der Waals surface area contributed by atoms with Crippen molar-refractivity contribution in [3.8, 4) is 12.3 Å². The maximum Gasteiger partial charge on any atom is 0.274 e. The van der Waals surface area contributed by atoms with Crippen molar-refractivity contribution in [3.05, 3.63) is 11.9 Å². The van der Waals surface area contributed by atoms with E-state index in [1.54, 1.807) is 13.2 Å². The predicted molar refractivity (Wildman–Crippen MR) is 48.8 cm³/mol. The maximum atomic E-state index is 11.3. The number of carbonyl (C=O) groups is 1. The van der Waals surface area contributed by atoms with Gasteiger partial charge in [0.05, 0.1) is 12.2 Å². The van der Waals surface area contributed by atoms with E-state index < -0.39 is 0 Å². The molecular formula is C8H10N4O. The van der Waals surface area contributed by atoms with Gasteiger partial charge in [-0.25, -0.2) is 0 Å². The highest BCUT2D eigenvalue weighted by Gasteiger charge is 2.12.